The summed E-state index contributed by atoms with van der Waals surface area (Å²) in [5, 5.41) is 6.92. The van der Waals surface area contributed by atoms with Gasteiger partial charge in [-0.2, -0.15) is 5.10 Å². The normalized spacial score (nSPS) is 12.6. The zero-order valence-electron chi connectivity index (χ0n) is 13.6. The van der Waals surface area contributed by atoms with Gasteiger partial charge in [0.05, 0.1) is 0 Å². The second kappa shape index (κ2) is 6.79. The lowest BCUT2D eigenvalue weighted by molar-refractivity contribution is 0.0783. The van der Waals surface area contributed by atoms with Crippen molar-refractivity contribution in [1.29, 1.82) is 0 Å². The van der Waals surface area contributed by atoms with E-state index in [9.17, 15) is 4.79 Å². The Balaban J connectivity index is 1.99. The fourth-order valence-electron chi connectivity index (χ4n) is 2.11. The number of aromatic amines is 1. The second-order valence-electron chi connectivity index (χ2n) is 6.00. The summed E-state index contributed by atoms with van der Waals surface area (Å²) in [5.41, 5.74) is 7.09. The summed E-state index contributed by atoms with van der Waals surface area (Å²) >= 11 is 0. The lowest BCUT2D eigenvalue weighted by Gasteiger charge is -2.20. The SMILES string of the molecule is Cc1ccc(-c2cc(C(=O)N(C)CCC(N)C(C)C)n[nH]2)o1. The van der Waals surface area contributed by atoms with Crippen LogP contribution in [0.25, 0.3) is 11.5 Å². The van der Waals surface area contributed by atoms with Crippen LogP contribution in [0.1, 0.15) is 36.5 Å². The number of nitrogens with zero attached hydrogens (tertiary/aromatic N) is 2. The standard InChI is InChI=1S/C16H24N4O2/c1-10(2)12(17)7-8-20(4)16(21)14-9-13(18-19-14)15-6-5-11(3)22-15/h5-6,9-10,12H,7-8,17H2,1-4H3,(H,18,19). The molecule has 6 nitrogen and oxygen atoms in total. The number of aromatic nitrogens is 2. The summed E-state index contributed by atoms with van der Waals surface area (Å²) in [6.45, 7) is 6.65. The maximum atomic E-state index is 12.3. The fourth-order valence-corrected chi connectivity index (χ4v) is 2.11. The predicted molar refractivity (Wildman–Crippen MR) is 85.4 cm³/mol. The van der Waals surface area contributed by atoms with Crippen LogP contribution in [0, 0.1) is 12.8 Å². The number of H-pyrrole nitrogens is 1. The van der Waals surface area contributed by atoms with Crippen molar-refractivity contribution in [3.63, 3.8) is 0 Å². The van der Waals surface area contributed by atoms with E-state index in [2.05, 4.69) is 24.0 Å². The molecule has 0 saturated carbocycles. The maximum Gasteiger partial charge on any atom is 0.274 e. The molecule has 0 spiro atoms. The maximum absolute atomic E-state index is 12.3. The molecule has 120 valence electrons. The third-order valence-electron chi connectivity index (χ3n) is 3.80. The predicted octanol–water partition coefficient (Wildman–Crippen LogP) is 2.42. The summed E-state index contributed by atoms with van der Waals surface area (Å²) in [6, 6.07) is 5.52. The Labute approximate surface area is 130 Å². The Hall–Kier alpha value is -2.08. The topological polar surface area (TPSA) is 88.1 Å². The van der Waals surface area contributed by atoms with Crippen molar-refractivity contribution in [2.75, 3.05) is 13.6 Å². The highest BCUT2D eigenvalue weighted by molar-refractivity contribution is 5.93. The van der Waals surface area contributed by atoms with Crippen molar-refractivity contribution in [1.82, 2.24) is 15.1 Å². The molecule has 0 aliphatic carbocycles. The number of nitrogens with one attached hydrogen (secondary N) is 1. The number of carbonyl (C=O) groups excluding carboxylic acids is 1. The molecule has 1 unspecified atom stereocenters. The Morgan fingerprint density at radius 1 is 1.45 bits per heavy atom. The molecule has 0 aliphatic rings. The summed E-state index contributed by atoms with van der Waals surface area (Å²) in [6.07, 6.45) is 0.772. The van der Waals surface area contributed by atoms with Crippen LogP contribution in [0.4, 0.5) is 0 Å². The van der Waals surface area contributed by atoms with Gasteiger partial charge in [0.15, 0.2) is 11.5 Å². The number of hydrogen-bond donors (Lipinski definition) is 2. The molecule has 22 heavy (non-hydrogen) atoms. The van der Waals surface area contributed by atoms with Gasteiger partial charge >= 0.3 is 0 Å². The molecule has 2 aromatic heterocycles. The van der Waals surface area contributed by atoms with Crippen molar-refractivity contribution in [2.24, 2.45) is 11.7 Å². The summed E-state index contributed by atoms with van der Waals surface area (Å²) in [5.74, 6) is 1.77. The Kier molecular flexibility index (Phi) is 5.03. The number of hydrogen-bond acceptors (Lipinski definition) is 4. The smallest absolute Gasteiger partial charge is 0.274 e. The van der Waals surface area contributed by atoms with Crippen LogP contribution in [0.15, 0.2) is 22.6 Å². The van der Waals surface area contributed by atoms with E-state index in [1.54, 1.807) is 18.0 Å². The highest BCUT2D eigenvalue weighted by Gasteiger charge is 2.18. The van der Waals surface area contributed by atoms with Crippen LogP contribution in [0.2, 0.25) is 0 Å². The van der Waals surface area contributed by atoms with Gasteiger partial charge in [0.1, 0.15) is 11.5 Å². The van der Waals surface area contributed by atoms with E-state index in [0.29, 0.717) is 29.6 Å². The Morgan fingerprint density at radius 2 is 2.18 bits per heavy atom. The minimum Gasteiger partial charge on any atom is -0.460 e. The van der Waals surface area contributed by atoms with Crippen LogP contribution >= 0.6 is 0 Å². The van der Waals surface area contributed by atoms with Crippen LogP contribution in [-0.4, -0.2) is 40.6 Å². The number of carbonyl (C=O) groups is 1. The number of amides is 1. The Bertz CT molecular complexity index is 630. The van der Waals surface area contributed by atoms with Crippen molar-refractivity contribution in [3.8, 4) is 11.5 Å². The molecular formula is C16H24N4O2. The average molecular weight is 304 g/mol. The van der Waals surface area contributed by atoms with Gasteiger partial charge < -0.3 is 15.1 Å². The van der Waals surface area contributed by atoms with Crippen molar-refractivity contribution in [3.05, 3.63) is 29.7 Å². The van der Waals surface area contributed by atoms with E-state index in [0.717, 1.165) is 12.2 Å². The van der Waals surface area contributed by atoms with Crippen molar-refractivity contribution >= 4 is 5.91 Å². The van der Waals surface area contributed by atoms with Crippen LogP contribution in [0.3, 0.4) is 0 Å². The highest BCUT2D eigenvalue weighted by Crippen LogP contribution is 2.20. The quantitative estimate of drug-likeness (QED) is 0.858. The largest absolute Gasteiger partial charge is 0.460 e. The average Bonchev–Trinajstić information content (AvgIpc) is 3.11. The van der Waals surface area contributed by atoms with Gasteiger partial charge in [-0.15, -0.1) is 0 Å². The van der Waals surface area contributed by atoms with E-state index >= 15 is 0 Å². The first-order chi connectivity index (χ1) is 10.4. The number of furan rings is 1. The first-order valence-electron chi connectivity index (χ1n) is 7.51. The van der Waals surface area contributed by atoms with Crippen LogP contribution in [0.5, 0.6) is 0 Å². The van der Waals surface area contributed by atoms with Gasteiger partial charge in [0.2, 0.25) is 0 Å². The lowest BCUT2D eigenvalue weighted by Crippen LogP contribution is -2.34. The molecule has 6 heteroatoms. The molecule has 0 radical (unpaired) electrons. The van der Waals surface area contributed by atoms with Crippen LogP contribution in [-0.2, 0) is 0 Å². The van der Waals surface area contributed by atoms with Gasteiger partial charge in [0, 0.05) is 25.7 Å². The number of aryl methyl sites for hydroxylation is 1. The summed E-state index contributed by atoms with van der Waals surface area (Å²) in [4.78, 5) is 14.0. The molecule has 2 aromatic rings. The van der Waals surface area contributed by atoms with Gasteiger partial charge in [-0.1, -0.05) is 13.8 Å². The highest BCUT2D eigenvalue weighted by atomic mass is 16.3. The van der Waals surface area contributed by atoms with E-state index in [4.69, 9.17) is 10.2 Å². The summed E-state index contributed by atoms with van der Waals surface area (Å²) < 4.78 is 5.52. The summed E-state index contributed by atoms with van der Waals surface area (Å²) in [7, 11) is 1.76. The monoisotopic (exact) mass is 304 g/mol. The fraction of sp³-hybridized carbons (Fsp3) is 0.500. The molecule has 0 aliphatic heterocycles. The van der Waals surface area contributed by atoms with Crippen molar-refractivity contribution < 1.29 is 9.21 Å². The molecule has 0 saturated heterocycles. The molecule has 0 bridgehead atoms. The number of nitrogens with two attached hydrogens (primary N) is 1. The van der Waals surface area contributed by atoms with Gasteiger partial charge in [-0.25, -0.2) is 0 Å². The molecule has 2 heterocycles. The second-order valence-corrected chi connectivity index (χ2v) is 6.00. The van der Waals surface area contributed by atoms with Crippen LogP contribution < -0.4 is 5.73 Å². The molecule has 2 rings (SSSR count). The molecule has 3 N–H and O–H groups in total. The molecule has 1 amide bonds. The van der Waals surface area contributed by atoms with Gasteiger partial charge in [0.25, 0.3) is 5.91 Å². The van der Waals surface area contributed by atoms with E-state index < -0.39 is 0 Å². The molecule has 0 fully saturated rings. The zero-order valence-corrected chi connectivity index (χ0v) is 13.6. The molecular weight excluding hydrogens is 280 g/mol. The first-order valence-corrected chi connectivity index (χ1v) is 7.51. The molecule has 1 atom stereocenters. The van der Waals surface area contributed by atoms with E-state index in [1.165, 1.54) is 0 Å². The van der Waals surface area contributed by atoms with Gasteiger partial charge in [-0.3, -0.25) is 9.89 Å². The van der Waals surface area contributed by atoms with Gasteiger partial charge in [-0.05, 0) is 31.4 Å². The van der Waals surface area contributed by atoms with E-state index in [-0.39, 0.29) is 11.9 Å². The number of rotatable bonds is 6. The first kappa shape index (κ1) is 16.3. The zero-order chi connectivity index (χ0) is 16.3. The van der Waals surface area contributed by atoms with E-state index in [1.807, 2.05) is 19.1 Å². The third-order valence-corrected chi connectivity index (χ3v) is 3.80. The molecule has 0 aromatic carbocycles. The third kappa shape index (κ3) is 3.76. The minimum atomic E-state index is -0.123. The Morgan fingerprint density at radius 3 is 2.77 bits per heavy atom. The van der Waals surface area contributed by atoms with Crippen molar-refractivity contribution in [2.45, 2.75) is 33.2 Å². The minimum absolute atomic E-state index is 0.0936. The lowest BCUT2D eigenvalue weighted by atomic mass is 10.0.